The van der Waals surface area contributed by atoms with Crippen molar-refractivity contribution in [3.63, 3.8) is 0 Å². The van der Waals surface area contributed by atoms with E-state index in [1.807, 2.05) is 13.1 Å². The standard InChI is InChI=1S/C13H9ClN4O3S/c1-7-5-17-6-10(16-13(17)22-7)12(19)15-8-2-3-9(14)11(4-8)18(20)21/h2-6H,1H3,(H,15,19). The summed E-state index contributed by atoms with van der Waals surface area (Å²) in [6.45, 7) is 1.95. The predicted octanol–water partition coefficient (Wildman–Crippen LogP) is 3.52. The lowest BCUT2D eigenvalue weighted by Crippen LogP contribution is -2.12. The summed E-state index contributed by atoms with van der Waals surface area (Å²) < 4.78 is 1.76. The number of nitrogens with zero attached hydrogens (tertiary/aromatic N) is 3. The van der Waals surface area contributed by atoms with E-state index in [-0.39, 0.29) is 22.1 Å². The van der Waals surface area contributed by atoms with E-state index in [1.54, 1.807) is 10.6 Å². The Morgan fingerprint density at radius 2 is 2.23 bits per heavy atom. The van der Waals surface area contributed by atoms with E-state index in [2.05, 4.69) is 10.3 Å². The van der Waals surface area contributed by atoms with Gasteiger partial charge in [-0.05, 0) is 19.1 Å². The van der Waals surface area contributed by atoms with Gasteiger partial charge in [0.2, 0.25) is 0 Å². The third kappa shape index (κ3) is 2.66. The number of thiazole rings is 1. The van der Waals surface area contributed by atoms with Crippen molar-refractivity contribution in [2.45, 2.75) is 6.92 Å². The van der Waals surface area contributed by atoms with Crippen LogP contribution in [0.2, 0.25) is 5.02 Å². The number of rotatable bonds is 3. The first kappa shape index (κ1) is 14.5. The van der Waals surface area contributed by atoms with E-state index in [0.29, 0.717) is 4.96 Å². The number of hydrogen-bond donors (Lipinski definition) is 1. The van der Waals surface area contributed by atoms with Gasteiger partial charge in [0, 0.05) is 29.0 Å². The van der Waals surface area contributed by atoms with E-state index in [1.165, 1.54) is 29.5 Å². The average molecular weight is 337 g/mol. The highest BCUT2D eigenvalue weighted by atomic mass is 35.5. The number of halogens is 1. The number of hydrogen-bond acceptors (Lipinski definition) is 5. The Morgan fingerprint density at radius 3 is 2.91 bits per heavy atom. The minimum atomic E-state index is -0.604. The van der Waals surface area contributed by atoms with Gasteiger partial charge in [0.1, 0.15) is 10.7 Å². The Kier molecular flexibility index (Phi) is 3.55. The number of imidazole rings is 1. The summed E-state index contributed by atoms with van der Waals surface area (Å²) in [5.41, 5.74) is 0.262. The fourth-order valence-electron chi connectivity index (χ4n) is 1.95. The molecule has 0 aliphatic rings. The van der Waals surface area contributed by atoms with Crippen molar-refractivity contribution < 1.29 is 9.72 Å². The zero-order valence-electron chi connectivity index (χ0n) is 11.2. The molecule has 112 valence electrons. The molecule has 0 aliphatic carbocycles. The molecule has 0 spiro atoms. The summed E-state index contributed by atoms with van der Waals surface area (Å²) in [6.07, 6.45) is 3.48. The van der Waals surface area contributed by atoms with Gasteiger partial charge in [-0.1, -0.05) is 11.6 Å². The second-order valence-electron chi connectivity index (χ2n) is 4.54. The quantitative estimate of drug-likeness (QED) is 0.585. The highest BCUT2D eigenvalue weighted by Crippen LogP contribution is 2.27. The normalized spacial score (nSPS) is 10.8. The van der Waals surface area contributed by atoms with Crippen molar-refractivity contribution in [1.29, 1.82) is 0 Å². The van der Waals surface area contributed by atoms with Crippen molar-refractivity contribution >= 4 is 45.2 Å². The second kappa shape index (κ2) is 5.39. The van der Waals surface area contributed by atoms with Crippen molar-refractivity contribution in [3.8, 4) is 0 Å². The van der Waals surface area contributed by atoms with Gasteiger partial charge in [-0.15, -0.1) is 11.3 Å². The summed E-state index contributed by atoms with van der Waals surface area (Å²) in [5.74, 6) is -0.440. The van der Waals surface area contributed by atoms with Gasteiger partial charge < -0.3 is 5.32 Å². The number of nitro benzene ring substituents is 1. The summed E-state index contributed by atoms with van der Waals surface area (Å²) in [7, 11) is 0. The SMILES string of the molecule is Cc1cn2cc(C(=O)Nc3ccc(Cl)c([N+](=O)[O-])c3)nc2s1. The van der Waals surface area contributed by atoms with Gasteiger partial charge in [-0.3, -0.25) is 19.3 Å². The molecule has 2 heterocycles. The molecule has 22 heavy (non-hydrogen) atoms. The number of carbonyl (C=O) groups is 1. The molecule has 3 rings (SSSR count). The second-order valence-corrected chi connectivity index (χ2v) is 6.16. The molecule has 0 bridgehead atoms. The van der Waals surface area contributed by atoms with Gasteiger partial charge in [-0.25, -0.2) is 4.98 Å². The van der Waals surface area contributed by atoms with Crippen LogP contribution in [-0.4, -0.2) is 20.2 Å². The summed E-state index contributed by atoms with van der Waals surface area (Å²) in [4.78, 5) is 28.4. The lowest BCUT2D eigenvalue weighted by Gasteiger charge is -2.03. The number of anilines is 1. The lowest BCUT2D eigenvalue weighted by atomic mass is 10.2. The van der Waals surface area contributed by atoms with E-state index in [9.17, 15) is 14.9 Å². The molecule has 1 N–H and O–H groups in total. The summed E-state index contributed by atoms with van der Waals surface area (Å²) in [6, 6.07) is 4.07. The molecule has 0 radical (unpaired) electrons. The highest BCUT2D eigenvalue weighted by molar-refractivity contribution is 7.17. The van der Waals surface area contributed by atoms with E-state index < -0.39 is 10.8 Å². The Bertz CT molecular complexity index is 870. The molecule has 9 heteroatoms. The Hall–Kier alpha value is -2.45. The third-order valence-electron chi connectivity index (χ3n) is 2.90. The van der Waals surface area contributed by atoms with Crippen LogP contribution >= 0.6 is 22.9 Å². The van der Waals surface area contributed by atoms with Crippen LogP contribution in [0.4, 0.5) is 11.4 Å². The zero-order valence-corrected chi connectivity index (χ0v) is 12.8. The fourth-order valence-corrected chi connectivity index (χ4v) is 2.94. The molecule has 0 aliphatic heterocycles. The Balaban J connectivity index is 1.85. The largest absolute Gasteiger partial charge is 0.320 e. The summed E-state index contributed by atoms with van der Waals surface area (Å²) in [5, 5.41) is 13.4. The smallest absolute Gasteiger partial charge is 0.289 e. The number of aromatic nitrogens is 2. The van der Waals surface area contributed by atoms with Crippen LogP contribution in [0, 0.1) is 17.0 Å². The van der Waals surface area contributed by atoms with E-state index >= 15 is 0 Å². The molecular weight excluding hydrogens is 328 g/mol. The van der Waals surface area contributed by atoms with Crippen LogP contribution in [0.5, 0.6) is 0 Å². The first-order valence-corrected chi connectivity index (χ1v) is 7.34. The number of aryl methyl sites for hydroxylation is 1. The summed E-state index contributed by atoms with van der Waals surface area (Å²) >= 11 is 7.20. The van der Waals surface area contributed by atoms with Crippen molar-refractivity contribution in [2.75, 3.05) is 5.32 Å². The molecule has 7 nitrogen and oxygen atoms in total. The van der Waals surface area contributed by atoms with Crippen LogP contribution in [-0.2, 0) is 0 Å². The van der Waals surface area contributed by atoms with Gasteiger partial charge in [0.25, 0.3) is 11.6 Å². The number of amides is 1. The van der Waals surface area contributed by atoms with Crippen LogP contribution in [0.15, 0.2) is 30.6 Å². The third-order valence-corrected chi connectivity index (χ3v) is 4.14. The minimum Gasteiger partial charge on any atom is -0.320 e. The van der Waals surface area contributed by atoms with Crippen LogP contribution in [0.1, 0.15) is 15.4 Å². The molecule has 2 aromatic heterocycles. The van der Waals surface area contributed by atoms with E-state index in [0.717, 1.165) is 4.88 Å². The molecular formula is C13H9ClN4O3S. The van der Waals surface area contributed by atoms with Crippen molar-refractivity contribution in [1.82, 2.24) is 9.38 Å². The molecule has 1 aromatic carbocycles. The Labute approximate surface area is 133 Å². The van der Waals surface area contributed by atoms with Crippen LogP contribution < -0.4 is 5.32 Å². The monoisotopic (exact) mass is 336 g/mol. The Morgan fingerprint density at radius 1 is 1.45 bits per heavy atom. The number of nitro groups is 1. The van der Waals surface area contributed by atoms with Crippen molar-refractivity contribution in [2.24, 2.45) is 0 Å². The molecule has 0 atom stereocenters. The highest BCUT2D eigenvalue weighted by Gasteiger charge is 2.16. The van der Waals surface area contributed by atoms with E-state index in [4.69, 9.17) is 11.6 Å². The maximum Gasteiger partial charge on any atom is 0.289 e. The molecule has 0 saturated carbocycles. The van der Waals surface area contributed by atoms with Crippen molar-refractivity contribution in [3.05, 3.63) is 56.3 Å². The lowest BCUT2D eigenvalue weighted by molar-refractivity contribution is -0.384. The maximum absolute atomic E-state index is 12.1. The molecule has 0 fully saturated rings. The van der Waals surface area contributed by atoms with Crippen LogP contribution in [0.25, 0.3) is 4.96 Å². The topological polar surface area (TPSA) is 89.5 Å². The zero-order chi connectivity index (χ0) is 15.9. The molecule has 3 aromatic rings. The number of nitrogens with one attached hydrogen (secondary N) is 1. The minimum absolute atomic E-state index is 0.0148. The van der Waals surface area contributed by atoms with Gasteiger partial charge >= 0.3 is 0 Å². The molecule has 1 amide bonds. The average Bonchev–Trinajstić information content (AvgIpc) is 2.97. The number of benzene rings is 1. The molecule has 0 saturated heterocycles. The van der Waals surface area contributed by atoms with Gasteiger partial charge in [0.15, 0.2) is 4.96 Å². The number of carbonyl (C=O) groups excluding carboxylic acids is 1. The first-order valence-electron chi connectivity index (χ1n) is 6.14. The molecule has 0 unspecified atom stereocenters. The van der Waals surface area contributed by atoms with Crippen LogP contribution in [0.3, 0.4) is 0 Å². The number of fused-ring (bicyclic) bond motifs is 1. The predicted molar refractivity (Wildman–Crippen MR) is 83.9 cm³/mol. The van der Waals surface area contributed by atoms with Gasteiger partial charge in [0.05, 0.1) is 4.92 Å². The van der Waals surface area contributed by atoms with Gasteiger partial charge in [-0.2, -0.15) is 0 Å². The first-order chi connectivity index (χ1) is 10.4. The maximum atomic E-state index is 12.1. The fraction of sp³-hybridized carbons (Fsp3) is 0.0769.